The summed E-state index contributed by atoms with van der Waals surface area (Å²) in [6.45, 7) is 6.14. The zero-order valence-electron chi connectivity index (χ0n) is 20.3. The molecule has 2 N–H and O–H groups in total. The number of carboxylic acids is 1. The van der Waals surface area contributed by atoms with Crippen LogP contribution in [0.1, 0.15) is 73.0 Å². The van der Waals surface area contributed by atoms with Gasteiger partial charge in [-0.2, -0.15) is 0 Å². The number of aryl methyl sites for hydroxylation is 1. The number of imide groups is 1. The Morgan fingerprint density at radius 1 is 1.12 bits per heavy atom. The molecule has 2 heterocycles. The van der Waals surface area contributed by atoms with Crippen LogP contribution < -0.4 is 4.90 Å². The van der Waals surface area contributed by atoms with E-state index >= 15 is 0 Å². The molecule has 1 aliphatic heterocycles. The number of hydrogen-bond acceptors (Lipinski definition) is 5. The number of urea groups is 1. The molecule has 1 aliphatic rings. The number of nitrogens with zero attached hydrogens (tertiary/aromatic N) is 2. The molecule has 0 spiro atoms. The monoisotopic (exact) mass is 486 g/mol. The summed E-state index contributed by atoms with van der Waals surface area (Å²) in [5, 5.41) is 19.8. The van der Waals surface area contributed by atoms with Crippen molar-refractivity contribution in [2.24, 2.45) is 0 Å². The Morgan fingerprint density at radius 3 is 2.38 bits per heavy atom. The summed E-state index contributed by atoms with van der Waals surface area (Å²) in [7, 11) is 1.50. The van der Waals surface area contributed by atoms with Crippen molar-refractivity contribution in [3.05, 3.63) is 51.7 Å². The molecular weight excluding hydrogens is 452 g/mol. The molecule has 1 aromatic carbocycles. The number of rotatable bonds is 11. The Balaban J connectivity index is 1.73. The van der Waals surface area contributed by atoms with Gasteiger partial charge in [0.25, 0.3) is 5.91 Å². The molecular formula is C26H34N2O5S. The van der Waals surface area contributed by atoms with E-state index in [-0.39, 0.29) is 11.9 Å². The van der Waals surface area contributed by atoms with Gasteiger partial charge in [-0.05, 0) is 55.5 Å². The minimum Gasteiger partial charge on any atom is -0.477 e. The Morgan fingerprint density at radius 2 is 1.79 bits per heavy atom. The number of carbonyl (C=O) groups is 3. The zero-order valence-corrected chi connectivity index (χ0v) is 21.1. The van der Waals surface area contributed by atoms with Crippen molar-refractivity contribution in [3.8, 4) is 0 Å². The number of aliphatic hydroxyl groups excluding tert-OH is 1. The number of anilines is 1. The summed E-state index contributed by atoms with van der Waals surface area (Å²) in [6, 6.07) is 10.00. The second-order valence-corrected chi connectivity index (χ2v) is 10.6. The molecule has 1 aromatic heterocycles. The van der Waals surface area contributed by atoms with E-state index in [0.29, 0.717) is 29.8 Å². The molecule has 2 atom stereocenters. The molecule has 34 heavy (non-hydrogen) atoms. The van der Waals surface area contributed by atoms with Gasteiger partial charge < -0.3 is 10.2 Å². The van der Waals surface area contributed by atoms with Gasteiger partial charge >= 0.3 is 12.0 Å². The quantitative estimate of drug-likeness (QED) is 0.433. The van der Waals surface area contributed by atoms with Crippen LogP contribution in [0, 0.1) is 0 Å². The van der Waals surface area contributed by atoms with Crippen LogP contribution in [0.15, 0.2) is 36.4 Å². The maximum Gasteiger partial charge on any atom is 0.345 e. The van der Waals surface area contributed by atoms with Crippen LogP contribution in [0.4, 0.5) is 10.5 Å². The second kappa shape index (κ2) is 10.7. The lowest BCUT2D eigenvalue weighted by Crippen LogP contribution is -2.36. The van der Waals surface area contributed by atoms with Crippen LogP contribution in [-0.2, 0) is 16.6 Å². The van der Waals surface area contributed by atoms with Gasteiger partial charge in [0.2, 0.25) is 0 Å². The predicted octanol–water partition coefficient (Wildman–Crippen LogP) is 5.06. The normalized spacial score (nSPS) is 17.5. The molecule has 0 saturated carbocycles. The van der Waals surface area contributed by atoms with Gasteiger partial charge in [0.05, 0.1) is 6.10 Å². The van der Waals surface area contributed by atoms with Gasteiger partial charge in [0, 0.05) is 23.0 Å². The van der Waals surface area contributed by atoms with Crippen molar-refractivity contribution < 1.29 is 24.6 Å². The first kappa shape index (κ1) is 25.9. The Bertz CT molecular complexity index is 1030. The Hall–Kier alpha value is -2.71. The summed E-state index contributed by atoms with van der Waals surface area (Å²) in [5.41, 5.74) is 1.21. The number of thiophene rings is 1. The third kappa shape index (κ3) is 5.33. The van der Waals surface area contributed by atoms with E-state index in [9.17, 15) is 19.5 Å². The first-order chi connectivity index (χ1) is 16.1. The number of aromatic carboxylic acids is 1. The van der Waals surface area contributed by atoms with E-state index in [0.717, 1.165) is 34.6 Å². The average Bonchev–Trinajstić information content (AvgIpc) is 3.37. The molecule has 184 valence electrons. The van der Waals surface area contributed by atoms with Crippen molar-refractivity contribution in [3.63, 3.8) is 0 Å². The minimum atomic E-state index is -0.940. The van der Waals surface area contributed by atoms with Gasteiger partial charge in [-0.25, -0.2) is 9.59 Å². The third-order valence-electron chi connectivity index (χ3n) is 6.75. The van der Waals surface area contributed by atoms with Gasteiger partial charge in [0.1, 0.15) is 10.9 Å². The highest BCUT2D eigenvalue weighted by atomic mass is 32.1. The molecule has 0 radical (unpaired) electrons. The van der Waals surface area contributed by atoms with Crippen LogP contribution in [0.3, 0.4) is 0 Å². The fourth-order valence-corrected chi connectivity index (χ4v) is 5.25. The third-order valence-corrected chi connectivity index (χ3v) is 7.88. The molecule has 3 amide bonds. The molecule has 7 nitrogen and oxygen atoms in total. The maximum absolute atomic E-state index is 12.9. The lowest BCUT2D eigenvalue weighted by atomic mass is 9.77. The molecule has 3 rings (SSSR count). The number of hydrogen-bond donors (Lipinski definition) is 2. The molecule has 1 fully saturated rings. The molecule has 1 saturated heterocycles. The number of benzene rings is 1. The van der Waals surface area contributed by atoms with E-state index in [1.54, 1.807) is 17.0 Å². The summed E-state index contributed by atoms with van der Waals surface area (Å²) < 4.78 is 0. The minimum absolute atomic E-state index is 0.234. The number of unbranched alkanes of at least 4 members (excludes halogenated alkanes) is 1. The van der Waals surface area contributed by atoms with E-state index < -0.39 is 23.5 Å². The highest BCUT2D eigenvalue weighted by molar-refractivity contribution is 7.13. The highest BCUT2D eigenvalue weighted by Gasteiger charge is 2.43. The van der Waals surface area contributed by atoms with Gasteiger partial charge in [-0.3, -0.25) is 14.6 Å². The van der Waals surface area contributed by atoms with Gasteiger partial charge in [-0.15, -0.1) is 11.3 Å². The topological polar surface area (TPSA) is 98.2 Å². The number of amides is 3. The number of carbonyl (C=O) groups excluding carboxylic acids is 2. The molecule has 2 aromatic rings. The highest BCUT2D eigenvalue weighted by Crippen LogP contribution is 2.33. The smallest absolute Gasteiger partial charge is 0.345 e. The number of likely N-dealkylation sites (N-methyl/N-ethyl adjacent to an activating group) is 1. The van der Waals surface area contributed by atoms with Crippen LogP contribution in [-0.4, -0.2) is 52.2 Å². The molecule has 2 unspecified atom stereocenters. The van der Waals surface area contributed by atoms with Crippen LogP contribution in [0.25, 0.3) is 0 Å². The van der Waals surface area contributed by atoms with Crippen LogP contribution in [0.5, 0.6) is 0 Å². The predicted molar refractivity (Wildman–Crippen MR) is 134 cm³/mol. The maximum atomic E-state index is 12.9. The summed E-state index contributed by atoms with van der Waals surface area (Å²) >= 11 is 1.24. The first-order valence-corrected chi connectivity index (χ1v) is 12.6. The number of carboxylic acid groups (broad SMARTS) is 1. The van der Waals surface area contributed by atoms with Crippen molar-refractivity contribution in [1.82, 2.24) is 4.90 Å². The van der Waals surface area contributed by atoms with Crippen LogP contribution in [0.2, 0.25) is 0 Å². The Labute approximate surface area is 205 Å². The largest absolute Gasteiger partial charge is 0.477 e. The summed E-state index contributed by atoms with van der Waals surface area (Å²) in [4.78, 5) is 40.7. The second-order valence-electron chi connectivity index (χ2n) is 9.46. The van der Waals surface area contributed by atoms with Gasteiger partial charge in [0.15, 0.2) is 0 Å². The van der Waals surface area contributed by atoms with Crippen molar-refractivity contribution in [2.75, 3.05) is 11.9 Å². The van der Waals surface area contributed by atoms with E-state index in [1.165, 1.54) is 18.4 Å². The summed E-state index contributed by atoms with van der Waals surface area (Å²) in [6.07, 6.45) is 4.04. The first-order valence-electron chi connectivity index (χ1n) is 11.8. The fourth-order valence-electron chi connectivity index (χ4n) is 4.37. The molecule has 8 heteroatoms. The zero-order chi connectivity index (χ0) is 25.0. The van der Waals surface area contributed by atoms with E-state index in [1.807, 2.05) is 38.1 Å². The fraction of sp³-hybridized carbons (Fsp3) is 0.500. The SMILES string of the molecule is CCCCC(O)C(C)(C)c1ccc(N2C(=O)N(C)C(=O)C2CCCc2ccc(C(=O)O)s2)cc1. The Kier molecular flexibility index (Phi) is 8.15. The van der Waals surface area contributed by atoms with Crippen molar-refractivity contribution >= 4 is 34.9 Å². The van der Waals surface area contributed by atoms with E-state index in [4.69, 9.17) is 5.11 Å². The van der Waals surface area contributed by atoms with Gasteiger partial charge in [-0.1, -0.05) is 45.7 Å². The number of aliphatic hydroxyl groups is 1. The van der Waals surface area contributed by atoms with Crippen molar-refractivity contribution in [2.45, 2.75) is 76.9 Å². The molecule has 0 bridgehead atoms. The summed E-state index contributed by atoms with van der Waals surface area (Å²) in [5.74, 6) is -1.17. The van der Waals surface area contributed by atoms with E-state index in [2.05, 4.69) is 6.92 Å². The standard InChI is InChI=1S/C26H34N2O5S/c1-5-6-10-22(29)26(2,3)17-11-13-18(14-12-17)28-20(23(30)27(4)25(28)33)9-7-8-19-15-16-21(34-19)24(31)32/h11-16,20,22,29H,5-10H2,1-4H3,(H,31,32). The molecule has 0 aliphatic carbocycles. The average molecular weight is 487 g/mol. The lowest BCUT2D eigenvalue weighted by molar-refractivity contribution is -0.126. The lowest BCUT2D eigenvalue weighted by Gasteiger charge is -2.32. The van der Waals surface area contributed by atoms with Crippen molar-refractivity contribution in [1.29, 1.82) is 0 Å². The van der Waals surface area contributed by atoms with Crippen LogP contribution >= 0.6 is 11.3 Å².